The normalized spacial score (nSPS) is 16.9. The van der Waals surface area contributed by atoms with Gasteiger partial charge >= 0.3 is 5.97 Å². The summed E-state index contributed by atoms with van der Waals surface area (Å²) < 4.78 is 33.4. The third-order valence-electron chi connectivity index (χ3n) is 9.46. The zero-order valence-corrected chi connectivity index (χ0v) is 25.8. The van der Waals surface area contributed by atoms with Crippen LogP contribution < -0.4 is 10.3 Å². The van der Waals surface area contributed by atoms with Gasteiger partial charge in [0.05, 0.1) is 23.3 Å². The van der Waals surface area contributed by atoms with Crippen molar-refractivity contribution in [3.63, 3.8) is 0 Å². The number of hydrogen-bond acceptors (Lipinski definition) is 7. The summed E-state index contributed by atoms with van der Waals surface area (Å²) >= 11 is 0. The molecule has 2 aliphatic rings. The van der Waals surface area contributed by atoms with Crippen molar-refractivity contribution in [3.8, 4) is 0 Å². The van der Waals surface area contributed by atoms with Gasteiger partial charge in [-0.05, 0) is 58.7 Å². The third-order valence-corrected chi connectivity index (χ3v) is 9.46. The fourth-order valence-electron chi connectivity index (χ4n) is 7.06. The maximum absolute atomic E-state index is 15.8. The van der Waals surface area contributed by atoms with Crippen LogP contribution in [-0.4, -0.2) is 66.9 Å². The second-order valence-corrected chi connectivity index (χ2v) is 12.4. The molecule has 1 atom stereocenters. The summed E-state index contributed by atoms with van der Waals surface area (Å²) in [6.07, 6.45) is 6.80. The average molecular weight is 640 g/mol. The predicted molar refractivity (Wildman–Crippen MR) is 173 cm³/mol. The summed E-state index contributed by atoms with van der Waals surface area (Å²) in [7, 11) is 0. The number of carboxylic acid groups (broad SMARTS) is 1. The molecule has 12 heteroatoms. The fourth-order valence-corrected chi connectivity index (χ4v) is 7.06. The lowest BCUT2D eigenvalue weighted by atomic mass is 9.95. The summed E-state index contributed by atoms with van der Waals surface area (Å²) in [5.41, 5.74) is 1.46. The highest BCUT2D eigenvalue weighted by Crippen LogP contribution is 2.35. The number of nitrogens with zero attached hydrogens (tertiary/aromatic N) is 7. The minimum atomic E-state index is -1.36. The van der Waals surface area contributed by atoms with Crippen molar-refractivity contribution in [1.82, 2.24) is 29.7 Å². The van der Waals surface area contributed by atoms with Gasteiger partial charge in [0.1, 0.15) is 17.2 Å². The molecule has 5 aromatic rings. The molecule has 1 aliphatic heterocycles. The Morgan fingerprint density at radius 1 is 0.936 bits per heavy atom. The number of fused-ring (bicyclic) bond motifs is 1. The Bertz CT molecular complexity index is 1950. The lowest BCUT2D eigenvalue weighted by Gasteiger charge is -2.40. The minimum absolute atomic E-state index is 0.0200. The summed E-state index contributed by atoms with van der Waals surface area (Å²) in [5.74, 6) is -1.55. The number of aromatic nitrogens is 5. The Morgan fingerprint density at radius 2 is 1.66 bits per heavy atom. The van der Waals surface area contributed by atoms with Crippen LogP contribution in [0.3, 0.4) is 0 Å². The number of pyridine rings is 1. The molecule has 1 saturated carbocycles. The molecule has 2 fully saturated rings. The van der Waals surface area contributed by atoms with Crippen molar-refractivity contribution in [2.45, 2.75) is 50.7 Å². The Kier molecular flexibility index (Phi) is 8.50. The van der Waals surface area contributed by atoms with Crippen LogP contribution in [0.25, 0.3) is 10.9 Å². The van der Waals surface area contributed by atoms with E-state index < -0.39 is 22.8 Å². The van der Waals surface area contributed by atoms with E-state index in [9.17, 15) is 19.1 Å². The second kappa shape index (κ2) is 13.0. The van der Waals surface area contributed by atoms with Crippen LogP contribution in [0.2, 0.25) is 0 Å². The zero-order chi connectivity index (χ0) is 32.5. The van der Waals surface area contributed by atoms with Crippen molar-refractivity contribution < 1.29 is 18.7 Å². The number of benzene rings is 3. The number of carboxylic acids is 1. The van der Waals surface area contributed by atoms with Crippen molar-refractivity contribution in [3.05, 3.63) is 117 Å². The molecule has 0 radical (unpaired) electrons. The van der Waals surface area contributed by atoms with E-state index in [0.29, 0.717) is 49.8 Å². The van der Waals surface area contributed by atoms with Gasteiger partial charge in [-0.15, -0.1) is 5.10 Å². The minimum Gasteiger partial charge on any atom is -0.477 e. The first-order valence-electron chi connectivity index (χ1n) is 16.0. The monoisotopic (exact) mass is 639 g/mol. The van der Waals surface area contributed by atoms with Gasteiger partial charge in [0.25, 0.3) is 0 Å². The molecule has 0 bridgehead atoms. The number of hydrogen-bond donors (Lipinski definition) is 1. The second-order valence-electron chi connectivity index (χ2n) is 12.4. The molecule has 10 nitrogen and oxygen atoms in total. The first-order chi connectivity index (χ1) is 22.9. The number of rotatable bonds is 8. The van der Waals surface area contributed by atoms with E-state index in [2.05, 4.69) is 20.4 Å². The van der Waals surface area contributed by atoms with Crippen LogP contribution in [0.1, 0.15) is 71.5 Å². The van der Waals surface area contributed by atoms with Gasteiger partial charge in [-0.3, -0.25) is 9.69 Å². The lowest BCUT2D eigenvalue weighted by molar-refractivity contribution is 0.0695. The topological polar surface area (TPSA) is 109 Å². The van der Waals surface area contributed by atoms with Gasteiger partial charge < -0.3 is 14.6 Å². The number of anilines is 1. The molecule has 1 N–H and O–H groups in total. The average Bonchev–Trinajstić information content (AvgIpc) is 3.57. The number of halogens is 2. The largest absolute Gasteiger partial charge is 0.477 e. The Labute approximate surface area is 269 Å². The van der Waals surface area contributed by atoms with Gasteiger partial charge in [0.2, 0.25) is 5.43 Å². The number of aromatic carboxylic acids is 1. The quantitative estimate of drug-likeness (QED) is 0.240. The summed E-state index contributed by atoms with van der Waals surface area (Å²) in [6.45, 7) is 2.35. The van der Waals surface area contributed by atoms with E-state index in [0.717, 1.165) is 42.9 Å². The van der Waals surface area contributed by atoms with E-state index >= 15 is 4.39 Å². The summed E-state index contributed by atoms with van der Waals surface area (Å²) in [5, 5.41) is 22.7. The zero-order valence-electron chi connectivity index (χ0n) is 25.8. The van der Waals surface area contributed by atoms with Crippen molar-refractivity contribution in [2.75, 3.05) is 31.1 Å². The van der Waals surface area contributed by atoms with Crippen molar-refractivity contribution in [2.24, 2.45) is 0 Å². The van der Waals surface area contributed by atoms with Crippen LogP contribution in [0.4, 0.5) is 14.5 Å². The molecule has 0 amide bonds. The summed E-state index contributed by atoms with van der Waals surface area (Å²) in [6, 6.07) is 18.6. The standard InChI is InChI=1S/C35H35F2N7O3/c36-25-13-11-24(12-14-25)32(34-38-39-40-44(34)26-9-5-2-6-10-26)42-17-15-41(16-18-42)31-20-30-27(19-29(31)37)33(45)28(35(46)47)22-43(30)21-23-7-3-1-4-8-23/h1,3-4,7-8,11-14,19-20,22,26,32H,2,5-6,9-10,15-18,21H2,(H,46,47). The maximum atomic E-state index is 15.8. The van der Waals surface area contributed by atoms with Gasteiger partial charge in [-0.25, -0.2) is 18.3 Å². The molecule has 1 unspecified atom stereocenters. The molecule has 242 valence electrons. The van der Waals surface area contributed by atoms with E-state index in [-0.39, 0.29) is 23.3 Å². The SMILES string of the molecule is O=C(O)c1cn(Cc2ccccc2)c2cc(N3CCN(C(c4ccc(F)cc4)c4nnnn4C4CCCCC4)CC3)c(F)cc2c1=O. The first-order valence-corrected chi connectivity index (χ1v) is 16.0. The van der Waals surface area contributed by atoms with E-state index in [1.54, 1.807) is 22.8 Å². The number of carbonyl (C=O) groups is 1. The number of tetrazole rings is 1. The molecule has 7 rings (SSSR count). The maximum Gasteiger partial charge on any atom is 0.341 e. The Hall–Kier alpha value is -4.97. The molecule has 1 aliphatic carbocycles. The summed E-state index contributed by atoms with van der Waals surface area (Å²) in [4.78, 5) is 29.2. The highest BCUT2D eigenvalue weighted by Gasteiger charge is 2.33. The molecule has 0 spiro atoms. The molecule has 2 aromatic heterocycles. The van der Waals surface area contributed by atoms with Crippen molar-refractivity contribution in [1.29, 1.82) is 0 Å². The molecular formula is C35H35F2N7O3. The number of piperazine rings is 1. The van der Waals surface area contributed by atoms with Gasteiger partial charge in [0, 0.05) is 44.3 Å². The highest BCUT2D eigenvalue weighted by atomic mass is 19.1. The predicted octanol–water partition coefficient (Wildman–Crippen LogP) is 5.43. The van der Waals surface area contributed by atoms with E-state index in [4.69, 9.17) is 0 Å². The fraction of sp³-hybridized carbons (Fsp3) is 0.343. The van der Waals surface area contributed by atoms with Crippen LogP contribution in [0.5, 0.6) is 0 Å². The first kappa shape index (κ1) is 30.7. The highest BCUT2D eigenvalue weighted by molar-refractivity contribution is 5.93. The van der Waals surface area contributed by atoms with E-state index in [1.165, 1.54) is 24.8 Å². The molecular weight excluding hydrogens is 604 g/mol. The molecule has 3 aromatic carbocycles. The lowest BCUT2D eigenvalue weighted by Crippen LogP contribution is -2.48. The molecule has 1 saturated heterocycles. The van der Waals surface area contributed by atoms with Crippen LogP contribution in [0.15, 0.2) is 77.7 Å². The van der Waals surface area contributed by atoms with E-state index in [1.807, 2.05) is 39.9 Å². The van der Waals surface area contributed by atoms with Gasteiger partial charge in [-0.2, -0.15) is 0 Å². The Balaban J connectivity index is 1.21. The van der Waals surface area contributed by atoms with Gasteiger partial charge in [0.15, 0.2) is 5.82 Å². The third kappa shape index (κ3) is 6.12. The smallest absolute Gasteiger partial charge is 0.341 e. The Morgan fingerprint density at radius 3 is 2.36 bits per heavy atom. The van der Waals surface area contributed by atoms with Crippen LogP contribution >= 0.6 is 0 Å². The molecule has 47 heavy (non-hydrogen) atoms. The van der Waals surface area contributed by atoms with Crippen LogP contribution in [0, 0.1) is 11.6 Å². The molecule has 3 heterocycles. The van der Waals surface area contributed by atoms with Crippen molar-refractivity contribution >= 4 is 22.6 Å². The van der Waals surface area contributed by atoms with Crippen LogP contribution in [-0.2, 0) is 6.54 Å². The van der Waals surface area contributed by atoms with Gasteiger partial charge in [-0.1, -0.05) is 61.7 Å².